The molecule has 0 N–H and O–H groups in total. The summed E-state index contributed by atoms with van der Waals surface area (Å²) in [6.07, 6.45) is 1.64. The second kappa shape index (κ2) is 6.95. The first-order valence-electron chi connectivity index (χ1n) is 6.30. The molecule has 2 rings (SSSR count). The summed E-state index contributed by atoms with van der Waals surface area (Å²) in [5.41, 5.74) is 0.558. The summed E-state index contributed by atoms with van der Waals surface area (Å²) in [6, 6.07) is 7.24. The van der Waals surface area contributed by atoms with E-state index >= 15 is 0 Å². The smallest absolute Gasteiger partial charge is 0.282 e. The van der Waals surface area contributed by atoms with Gasteiger partial charge in [-0.15, -0.1) is 0 Å². The highest BCUT2D eigenvalue weighted by Crippen LogP contribution is 2.20. The lowest BCUT2D eigenvalue weighted by Gasteiger charge is -2.20. The van der Waals surface area contributed by atoms with Gasteiger partial charge >= 0.3 is 0 Å². The number of hydrogen-bond acceptors (Lipinski definition) is 4. The molecule has 7 heteroatoms. The van der Waals surface area contributed by atoms with E-state index in [0.717, 1.165) is 11.4 Å². The van der Waals surface area contributed by atoms with Crippen LogP contribution in [0.4, 0.5) is 5.69 Å². The van der Waals surface area contributed by atoms with Gasteiger partial charge in [0.15, 0.2) is 0 Å². The predicted molar refractivity (Wildman–Crippen MR) is 87.4 cm³/mol. The topological polar surface area (TPSA) is 47.4 Å². The van der Waals surface area contributed by atoms with Gasteiger partial charge in [0.2, 0.25) is 0 Å². The van der Waals surface area contributed by atoms with E-state index in [2.05, 4.69) is 21.0 Å². The Morgan fingerprint density at radius 3 is 2.95 bits per heavy atom. The Morgan fingerprint density at radius 2 is 2.24 bits per heavy atom. The number of rotatable bonds is 5. The van der Waals surface area contributed by atoms with E-state index in [1.807, 2.05) is 24.1 Å². The third kappa shape index (κ3) is 3.98. The highest BCUT2D eigenvalue weighted by atomic mass is 79.9. The zero-order chi connectivity index (χ0) is 15.4. The molecule has 0 bridgehead atoms. The van der Waals surface area contributed by atoms with Gasteiger partial charge in [-0.05, 0) is 34.1 Å². The van der Waals surface area contributed by atoms with Crippen LogP contribution in [0.2, 0.25) is 5.02 Å². The normalized spacial score (nSPS) is 10.5. The van der Waals surface area contributed by atoms with Gasteiger partial charge in [0.1, 0.15) is 16.8 Å². The number of halogens is 2. The first kappa shape index (κ1) is 15.9. The number of ether oxygens (including phenoxy) is 1. The molecule has 0 spiro atoms. The van der Waals surface area contributed by atoms with Crippen molar-refractivity contribution in [2.24, 2.45) is 7.05 Å². The SMILES string of the molecule is CN(CCOc1cccc(Cl)c1)c1cnn(C)c(=O)c1Br. The van der Waals surface area contributed by atoms with E-state index in [4.69, 9.17) is 16.3 Å². The summed E-state index contributed by atoms with van der Waals surface area (Å²) in [6.45, 7) is 1.08. The first-order valence-corrected chi connectivity index (χ1v) is 7.47. The molecule has 0 saturated carbocycles. The van der Waals surface area contributed by atoms with Gasteiger partial charge in [0, 0.05) is 19.1 Å². The molecular weight excluding hydrogens is 358 g/mol. The van der Waals surface area contributed by atoms with Crippen molar-refractivity contribution in [2.75, 3.05) is 25.1 Å². The maximum atomic E-state index is 11.8. The minimum atomic E-state index is -0.171. The fraction of sp³-hybridized carbons (Fsp3) is 0.286. The van der Waals surface area contributed by atoms with E-state index in [1.54, 1.807) is 25.4 Å². The molecular formula is C14H15BrClN3O2. The third-order valence-electron chi connectivity index (χ3n) is 2.96. The second-order valence-electron chi connectivity index (χ2n) is 4.50. The number of nitrogens with zero attached hydrogens (tertiary/aromatic N) is 3. The number of hydrogen-bond donors (Lipinski definition) is 0. The number of benzene rings is 1. The van der Waals surface area contributed by atoms with Gasteiger partial charge in [0.05, 0.1) is 18.4 Å². The molecule has 0 aliphatic rings. The highest BCUT2D eigenvalue weighted by Gasteiger charge is 2.11. The lowest BCUT2D eigenvalue weighted by molar-refractivity contribution is 0.326. The molecule has 1 aromatic heterocycles. The third-order valence-corrected chi connectivity index (χ3v) is 3.94. The molecule has 5 nitrogen and oxygen atoms in total. The van der Waals surface area contributed by atoms with Crippen LogP contribution >= 0.6 is 27.5 Å². The molecule has 21 heavy (non-hydrogen) atoms. The standard InChI is InChI=1S/C14H15BrClN3O2/c1-18(12-9-17-19(2)14(20)13(12)15)6-7-21-11-5-3-4-10(16)8-11/h3-5,8-9H,6-7H2,1-2H3. The number of anilines is 1. The monoisotopic (exact) mass is 371 g/mol. The molecule has 1 aromatic carbocycles. The minimum absolute atomic E-state index is 0.171. The van der Waals surface area contributed by atoms with E-state index < -0.39 is 0 Å². The zero-order valence-electron chi connectivity index (χ0n) is 11.7. The zero-order valence-corrected chi connectivity index (χ0v) is 14.1. The average Bonchev–Trinajstić information content (AvgIpc) is 2.45. The van der Waals surface area contributed by atoms with Crippen molar-refractivity contribution in [3.8, 4) is 5.75 Å². The van der Waals surface area contributed by atoms with Crippen molar-refractivity contribution >= 4 is 33.2 Å². The Labute approximate surface area is 136 Å². The van der Waals surface area contributed by atoms with Crippen molar-refractivity contribution in [3.63, 3.8) is 0 Å². The van der Waals surface area contributed by atoms with Crippen molar-refractivity contribution in [3.05, 3.63) is 50.3 Å². The number of aromatic nitrogens is 2. The molecule has 0 fully saturated rings. The van der Waals surface area contributed by atoms with Crippen LogP contribution in [0.5, 0.6) is 5.75 Å². The van der Waals surface area contributed by atoms with Crippen LogP contribution in [-0.2, 0) is 7.05 Å². The van der Waals surface area contributed by atoms with Crippen LogP contribution < -0.4 is 15.2 Å². The fourth-order valence-electron chi connectivity index (χ4n) is 1.75. The molecule has 112 valence electrons. The lowest BCUT2D eigenvalue weighted by atomic mass is 10.3. The molecule has 0 atom stereocenters. The van der Waals surface area contributed by atoms with Gasteiger partial charge < -0.3 is 9.64 Å². The van der Waals surface area contributed by atoms with Gasteiger partial charge in [-0.3, -0.25) is 4.79 Å². The maximum absolute atomic E-state index is 11.8. The Bertz CT molecular complexity index is 690. The second-order valence-corrected chi connectivity index (χ2v) is 5.73. The van der Waals surface area contributed by atoms with Crippen LogP contribution in [0.25, 0.3) is 0 Å². The summed E-state index contributed by atoms with van der Waals surface area (Å²) in [5.74, 6) is 0.720. The fourth-order valence-corrected chi connectivity index (χ4v) is 2.59. The van der Waals surface area contributed by atoms with Gasteiger partial charge in [-0.2, -0.15) is 5.10 Å². The molecule has 0 radical (unpaired) electrons. The molecule has 0 amide bonds. The average molecular weight is 373 g/mol. The van der Waals surface area contributed by atoms with E-state index in [9.17, 15) is 4.79 Å². The van der Waals surface area contributed by atoms with Crippen LogP contribution in [0, 0.1) is 0 Å². The van der Waals surface area contributed by atoms with Crippen LogP contribution in [-0.4, -0.2) is 30.0 Å². The van der Waals surface area contributed by atoms with Crippen LogP contribution in [0.15, 0.2) is 39.7 Å². The Kier molecular flexibility index (Phi) is 5.25. The van der Waals surface area contributed by atoms with Crippen molar-refractivity contribution < 1.29 is 4.74 Å². The summed E-state index contributed by atoms with van der Waals surface area (Å²) in [7, 11) is 3.49. The first-order chi connectivity index (χ1) is 9.99. The minimum Gasteiger partial charge on any atom is -0.492 e. The summed E-state index contributed by atoms with van der Waals surface area (Å²) >= 11 is 9.20. The molecule has 1 heterocycles. The summed E-state index contributed by atoms with van der Waals surface area (Å²) in [4.78, 5) is 13.7. The predicted octanol–water partition coefficient (Wildman–Crippen LogP) is 2.71. The summed E-state index contributed by atoms with van der Waals surface area (Å²) < 4.78 is 7.40. The van der Waals surface area contributed by atoms with E-state index in [0.29, 0.717) is 22.6 Å². The molecule has 0 aliphatic carbocycles. The van der Waals surface area contributed by atoms with Gasteiger partial charge in [0.25, 0.3) is 5.56 Å². The van der Waals surface area contributed by atoms with Crippen molar-refractivity contribution in [1.29, 1.82) is 0 Å². The van der Waals surface area contributed by atoms with Crippen LogP contribution in [0.3, 0.4) is 0 Å². The van der Waals surface area contributed by atoms with Crippen molar-refractivity contribution in [1.82, 2.24) is 9.78 Å². The Hall–Kier alpha value is -1.53. The quantitative estimate of drug-likeness (QED) is 0.810. The molecule has 0 saturated heterocycles. The molecule has 0 aliphatic heterocycles. The largest absolute Gasteiger partial charge is 0.492 e. The van der Waals surface area contributed by atoms with Crippen molar-refractivity contribution in [2.45, 2.75) is 0 Å². The number of likely N-dealkylation sites (N-methyl/N-ethyl adjacent to an activating group) is 1. The van der Waals surface area contributed by atoms with E-state index in [1.165, 1.54) is 4.68 Å². The maximum Gasteiger partial charge on any atom is 0.282 e. The number of aryl methyl sites for hydroxylation is 1. The molecule has 2 aromatic rings. The van der Waals surface area contributed by atoms with Crippen LogP contribution in [0.1, 0.15) is 0 Å². The Morgan fingerprint density at radius 1 is 1.48 bits per heavy atom. The van der Waals surface area contributed by atoms with Gasteiger partial charge in [-0.25, -0.2) is 4.68 Å². The lowest BCUT2D eigenvalue weighted by Crippen LogP contribution is -2.28. The summed E-state index contributed by atoms with van der Waals surface area (Å²) in [5, 5.41) is 4.65. The highest BCUT2D eigenvalue weighted by molar-refractivity contribution is 9.10. The Balaban J connectivity index is 1.98. The molecule has 0 unspecified atom stereocenters. The van der Waals surface area contributed by atoms with E-state index in [-0.39, 0.29) is 5.56 Å². The van der Waals surface area contributed by atoms with Gasteiger partial charge in [-0.1, -0.05) is 17.7 Å².